The van der Waals surface area contributed by atoms with Crippen LogP contribution < -0.4 is 16.0 Å². The number of fused-ring (bicyclic) bond motifs is 1. The summed E-state index contributed by atoms with van der Waals surface area (Å²) in [7, 11) is 0. The maximum Gasteiger partial charge on any atom is 0.203 e. The summed E-state index contributed by atoms with van der Waals surface area (Å²) in [6.07, 6.45) is 0.113. The Morgan fingerprint density at radius 2 is 2.12 bits per heavy atom. The van der Waals surface area contributed by atoms with E-state index in [4.69, 9.17) is 0 Å². The number of benzene rings is 1. The van der Waals surface area contributed by atoms with E-state index in [1.807, 2.05) is 0 Å². The van der Waals surface area contributed by atoms with Gasteiger partial charge in [0.15, 0.2) is 0 Å². The number of rotatable bonds is 2. The number of imidazole rings is 1. The lowest BCUT2D eigenvalue weighted by molar-refractivity contribution is 0.616. The van der Waals surface area contributed by atoms with Crippen molar-refractivity contribution < 1.29 is 0 Å². The van der Waals surface area contributed by atoms with Gasteiger partial charge in [0.25, 0.3) is 0 Å². The van der Waals surface area contributed by atoms with E-state index in [9.17, 15) is 0 Å². The summed E-state index contributed by atoms with van der Waals surface area (Å²) in [5, 5.41) is 9.82. The van der Waals surface area contributed by atoms with Gasteiger partial charge in [-0.1, -0.05) is 6.07 Å². The molecular formula is C11H15N5. The van der Waals surface area contributed by atoms with Crippen LogP contribution in [0.4, 0.5) is 5.95 Å². The van der Waals surface area contributed by atoms with Gasteiger partial charge >= 0.3 is 0 Å². The molecule has 1 aliphatic heterocycles. The van der Waals surface area contributed by atoms with Crippen LogP contribution in [-0.4, -0.2) is 29.3 Å². The van der Waals surface area contributed by atoms with E-state index in [1.54, 1.807) is 0 Å². The van der Waals surface area contributed by atoms with Gasteiger partial charge in [-0.15, -0.1) is 0 Å². The molecule has 0 saturated carbocycles. The van der Waals surface area contributed by atoms with Gasteiger partial charge in [0.1, 0.15) is 6.29 Å². The Morgan fingerprint density at radius 1 is 1.31 bits per heavy atom. The first-order chi connectivity index (χ1) is 7.81. The van der Waals surface area contributed by atoms with Gasteiger partial charge in [0.05, 0.1) is 11.0 Å². The van der Waals surface area contributed by atoms with Crippen LogP contribution in [0.3, 0.4) is 0 Å². The topological polar surface area (TPSA) is 64.8 Å². The molecule has 0 unspecified atom stereocenters. The van der Waals surface area contributed by atoms with Crippen molar-refractivity contribution in [1.29, 1.82) is 0 Å². The number of aromatic amines is 1. The molecule has 84 valence electrons. The second-order valence-corrected chi connectivity index (χ2v) is 4.09. The van der Waals surface area contributed by atoms with Crippen LogP contribution in [0.25, 0.3) is 11.0 Å². The van der Waals surface area contributed by atoms with Crippen molar-refractivity contribution in [2.24, 2.45) is 0 Å². The molecule has 1 fully saturated rings. The highest BCUT2D eigenvalue weighted by Gasteiger charge is 2.13. The summed E-state index contributed by atoms with van der Waals surface area (Å²) in [5.41, 5.74) is 3.29. The number of nitrogens with one attached hydrogen (secondary N) is 4. The predicted molar refractivity (Wildman–Crippen MR) is 64.2 cm³/mol. The van der Waals surface area contributed by atoms with Gasteiger partial charge in [-0.25, -0.2) is 4.98 Å². The molecule has 0 bridgehead atoms. The number of anilines is 1. The molecule has 0 atom stereocenters. The molecule has 2 heterocycles. The second-order valence-electron chi connectivity index (χ2n) is 4.09. The molecule has 4 N–H and O–H groups in total. The summed E-state index contributed by atoms with van der Waals surface area (Å²) in [4.78, 5) is 7.74. The molecule has 1 aromatic heterocycles. The van der Waals surface area contributed by atoms with Crippen molar-refractivity contribution in [3.8, 4) is 0 Å². The summed E-state index contributed by atoms with van der Waals surface area (Å²) < 4.78 is 0. The smallest absolute Gasteiger partial charge is 0.203 e. The Morgan fingerprint density at radius 3 is 2.94 bits per heavy atom. The molecule has 2 aromatic rings. The average Bonchev–Trinajstić information content (AvgIpc) is 2.86. The normalized spacial score (nSPS) is 17.1. The van der Waals surface area contributed by atoms with Crippen molar-refractivity contribution in [3.63, 3.8) is 0 Å². The van der Waals surface area contributed by atoms with Crippen LogP contribution in [0.5, 0.6) is 0 Å². The van der Waals surface area contributed by atoms with Gasteiger partial charge in [0.2, 0.25) is 5.95 Å². The van der Waals surface area contributed by atoms with E-state index in [2.05, 4.69) is 51.0 Å². The van der Waals surface area contributed by atoms with E-state index < -0.39 is 0 Å². The first-order valence-electron chi connectivity index (χ1n) is 5.51. The lowest BCUT2D eigenvalue weighted by Crippen LogP contribution is -2.39. The van der Waals surface area contributed by atoms with E-state index in [-0.39, 0.29) is 6.29 Å². The molecule has 3 rings (SSSR count). The summed E-state index contributed by atoms with van der Waals surface area (Å²) in [6, 6.07) is 6.21. The largest absolute Gasteiger partial charge is 0.328 e. The fourth-order valence-corrected chi connectivity index (χ4v) is 1.93. The Labute approximate surface area is 93.6 Å². The van der Waals surface area contributed by atoms with Crippen molar-refractivity contribution in [2.75, 3.05) is 18.4 Å². The molecule has 1 aliphatic rings. The number of H-pyrrole nitrogens is 1. The van der Waals surface area contributed by atoms with Crippen molar-refractivity contribution in [3.05, 3.63) is 23.8 Å². The van der Waals surface area contributed by atoms with Crippen LogP contribution in [-0.2, 0) is 0 Å². The highest BCUT2D eigenvalue weighted by atomic mass is 15.4. The van der Waals surface area contributed by atoms with E-state index >= 15 is 0 Å². The zero-order valence-corrected chi connectivity index (χ0v) is 9.17. The minimum absolute atomic E-state index is 0.113. The second kappa shape index (κ2) is 3.77. The monoisotopic (exact) mass is 217 g/mol. The van der Waals surface area contributed by atoms with Crippen LogP contribution in [0.15, 0.2) is 18.2 Å². The first-order valence-corrected chi connectivity index (χ1v) is 5.51. The van der Waals surface area contributed by atoms with Crippen molar-refractivity contribution >= 4 is 17.0 Å². The highest BCUT2D eigenvalue weighted by molar-refractivity contribution is 5.78. The van der Waals surface area contributed by atoms with E-state index in [0.29, 0.717) is 0 Å². The number of nitrogens with zero attached hydrogens (tertiary/aromatic N) is 1. The Bertz CT molecular complexity index is 498. The van der Waals surface area contributed by atoms with Gasteiger partial charge in [-0.2, -0.15) is 0 Å². The summed E-state index contributed by atoms with van der Waals surface area (Å²) in [6.45, 7) is 4.04. The molecular weight excluding hydrogens is 202 g/mol. The van der Waals surface area contributed by atoms with E-state index in [1.165, 1.54) is 5.56 Å². The fraction of sp³-hybridized carbons (Fsp3) is 0.364. The van der Waals surface area contributed by atoms with Crippen LogP contribution in [0, 0.1) is 6.92 Å². The third-order valence-electron chi connectivity index (χ3n) is 2.74. The lowest BCUT2D eigenvalue weighted by Gasteiger charge is -2.11. The maximum absolute atomic E-state index is 4.49. The van der Waals surface area contributed by atoms with Crippen LogP contribution >= 0.6 is 0 Å². The minimum Gasteiger partial charge on any atom is -0.328 e. The summed E-state index contributed by atoms with van der Waals surface area (Å²) >= 11 is 0. The molecule has 5 nitrogen and oxygen atoms in total. The van der Waals surface area contributed by atoms with Crippen molar-refractivity contribution in [1.82, 2.24) is 20.6 Å². The predicted octanol–water partition coefficient (Wildman–Crippen LogP) is 0.760. The zero-order chi connectivity index (χ0) is 11.0. The average molecular weight is 217 g/mol. The maximum atomic E-state index is 4.49. The highest BCUT2D eigenvalue weighted by Crippen LogP contribution is 2.15. The van der Waals surface area contributed by atoms with Gasteiger partial charge in [0, 0.05) is 13.1 Å². The first kappa shape index (κ1) is 9.62. The third-order valence-corrected chi connectivity index (χ3v) is 2.74. The molecule has 0 aliphatic carbocycles. The molecule has 0 spiro atoms. The lowest BCUT2D eigenvalue weighted by atomic mass is 10.2. The number of aromatic nitrogens is 2. The molecule has 5 heteroatoms. The summed E-state index contributed by atoms with van der Waals surface area (Å²) in [5.74, 6) is 0.799. The van der Waals surface area contributed by atoms with Crippen LogP contribution in [0.1, 0.15) is 5.56 Å². The third kappa shape index (κ3) is 1.75. The van der Waals surface area contributed by atoms with Crippen LogP contribution in [0.2, 0.25) is 0 Å². The van der Waals surface area contributed by atoms with Gasteiger partial charge in [-0.05, 0) is 24.6 Å². The van der Waals surface area contributed by atoms with E-state index in [0.717, 1.165) is 30.1 Å². The zero-order valence-electron chi connectivity index (χ0n) is 9.17. The molecule has 1 aromatic carbocycles. The SMILES string of the molecule is Cc1ccc2[nH]c(NC3NCCN3)nc2c1. The van der Waals surface area contributed by atoms with Gasteiger partial charge < -0.3 is 10.3 Å². The molecule has 0 radical (unpaired) electrons. The Kier molecular flexibility index (Phi) is 2.27. The molecule has 0 amide bonds. The van der Waals surface area contributed by atoms with Gasteiger partial charge in [-0.3, -0.25) is 10.6 Å². The Balaban J connectivity index is 1.86. The molecule has 1 saturated heterocycles. The quantitative estimate of drug-likeness (QED) is 0.599. The Hall–Kier alpha value is -1.59. The number of aryl methyl sites for hydroxylation is 1. The van der Waals surface area contributed by atoms with Crippen molar-refractivity contribution in [2.45, 2.75) is 13.2 Å². The minimum atomic E-state index is 0.113. The number of hydrogen-bond acceptors (Lipinski definition) is 4. The number of hydrogen-bond donors (Lipinski definition) is 4. The molecule has 16 heavy (non-hydrogen) atoms. The standard InChI is InChI=1S/C11H15N5/c1-7-2-3-8-9(6-7)15-11(14-8)16-10-12-4-5-13-10/h2-3,6,10,12-13H,4-5H2,1H3,(H2,14,15,16). The fourth-order valence-electron chi connectivity index (χ4n) is 1.93.